The maximum Gasteiger partial charge on any atom is 0.223 e. The number of H-pyrrole nitrogens is 1. The fraction of sp³-hybridized carbons (Fsp3) is 0.227. The van der Waals surface area contributed by atoms with Crippen LogP contribution in [0.4, 0.5) is 10.3 Å². The third kappa shape index (κ3) is 4.34. The smallest absolute Gasteiger partial charge is 0.223 e. The molecule has 0 spiro atoms. The highest BCUT2D eigenvalue weighted by Gasteiger charge is 2.15. The van der Waals surface area contributed by atoms with Crippen molar-refractivity contribution in [1.82, 2.24) is 30.1 Å². The van der Waals surface area contributed by atoms with Crippen LogP contribution in [0.5, 0.6) is 0 Å². The highest BCUT2D eigenvalue weighted by molar-refractivity contribution is 5.80. The van der Waals surface area contributed by atoms with E-state index in [1.165, 1.54) is 6.07 Å². The van der Waals surface area contributed by atoms with E-state index >= 15 is 0 Å². The molecule has 2 N–H and O–H groups in total. The summed E-state index contributed by atoms with van der Waals surface area (Å²) < 4.78 is 19.7. The van der Waals surface area contributed by atoms with Crippen molar-refractivity contribution in [1.29, 1.82) is 0 Å². The van der Waals surface area contributed by atoms with E-state index in [9.17, 15) is 4.39 Å². The van der Waals surface area contributed by atoms with Crippen molar-refractivity contribution in [2.24, 2.45) is 0 Å². The molecule has 1 aliphatic rings. The Balaban J connectivity index is 1.35. The molecule has 0 bridgehead atoms. The topological polar surface area (TPSA) is 102 Å². The number of aromatic amines is 1. The first kappa shape index (κ1) is 19.1. The highest BCUT2D eigenvalue weighted by Crippen LogP contribution is 2.17. The lowest BCUT2D eigenvalue weighted by Gasteiger charge is -2.10. The molecule has 5 rings (SSSR count). The predicted molar refractivity (Wildman–Crippen MR) is 113 cm³/mol. The van der Waals surface area contributed by atoms with Crippen LogP contribution in [0.15, 0.2) is 42.9 Å². The monoisotopic (exact) mass is 415 g/mol. The molecule has 0 radical (unpaired) electrons. The number of ether oxygens (including phenoxy) is 1. The number of hydrogen-bond donors (Lipinski definition) is 2. The molecule has 4 aromatic rings. The van der Waals surface area contributed by atoms with Gasteiger partial charge in [0.2, 0.25) is 5.95 Å². The average Bonchev–Trinajstić information content (AvgIpc) is 3.49. The van der Waals surface area contributed by atoms with E-state index in [0.717, 1.165) is 19.4 Å². The molecule has 31 heavy (non-hydrogen) atoms. The Labute approximate surface area is 177 Å². The zero-order valence-corrected chi connectivity index (χ0v) is 16.5. The molecule has 0 saturated carbocycles. The second-order valence-corrected chi connectivity index (χ2v) is 7.09. The van der Waals surface area contributed by atoms with Crippen molar-refractivity contribution in [3.8, 4) is 23.4 Å². The van der Waals surface area contributed by atoms with Gasteiger partial charge in [0.25, 0.3) is 0 Å². The van der Waals surface area contributed by atoms with Crippen molar-refractivity contribution in [3.05, 3.63) is 59.9 Å². The number of halogens is 1. The van der Waals surface area contributed by atoms with Crippen molar-refractivity contribution >= 4 is 16.9 Å². The van der Waals surface area contributed by atoms with E-state index in [4.69, 9.17) is 4.74 Å². The van der Waals surface area contributed by atoms with Crippen LogP contribution in [0.2, 0.25) is 0 Å². The molecule has 9 heteroatoms. The van der Waals surface area contributed by atoms with Crippen LogP contribution >= 0.6 is 0 Å². The molecule has 3 aromatic heterocycles. The lowest BCUT2D eigenvalue weighted by molar-refractivity contribution is 0.120. The Bertz CT molecular complexity index is 1290. The quantitative estimate of drug-likeness (QED) is 0.494. The number of benzene rings is 1. The molecule has 1 aliphatic heterocycles. The minimum Gasteiger partial charge on any atom is -0.376 e. The zero-order valence-electron chi connectivity index (χ0n) is 16.5. The third-order valence-corrected chi connectivity index (χ3v) is 4.89. The maximum atomic E-state index is 14.1. The lowest BCUT2D eigenvalue weighted by Crippen LogP contribution is -2.19. The normalized spacial score (nSPS) is 15.6. The fourth-order valence-electron chi connectivity index (χ4n) is 3.35. The van der Waals surface area contributed by atoms with Gasteiger partial charge in [0, 0.05) is 36.5 Å². The van der Waals surface area contributed by atoms with Crippen LogP contribution in [0.3, 0.4) is 0 Å². The van der Waals surface area contributed by atoms with Crippen LogP contribution < -0.4 is 5.32 Å². The van der Waals surface area contributed by atoms with Crippen molar-refractivity contribution in [2.45, 2.75) is 18.9 Å². The molecular weight excluding hydrogens is 397 g/mol. The summed E-state index contributed by atoms with van der Waals surface area (Å²) in [5.74, 6) is 6.44. The number of aromatic nitrogens is 6. The number of anilines is 1. The molecule has 1 fully saturated rings. The first-order valence-electron chi connectivity index (χ1n) is 9.91. The summed E-state index contributed by atoms with van der Waals surface area (Å²) in [6.45, 7) is 1.46. The number of fused-ring (bicyclic) bond motifs is 1. The predicted octanol–water partition coefficient (Wildman–Crippen LogP) is 2.94. The molecular formula is C22H18FN7O. The Morgan fingerprint density at radius 2 is 2.10 bits per heavy atom. The molecule has 1 saturated heterocycles. The summed E-state index contributed by atoms with van der Waals surface area (Å²) in [5, 5.41) is 10.3. The van der Waals surface area contributed by atoms with Gasteiger partial charge in [0.05, 0.1) is 12.3 Å². The molecule has 0 aliphatic carbocycles. The number of hydrogen-bond acceptors (Lipinski definition) is 7. The second kappa shape index (κ2) is 8.45. The van der Waals surface area contributed by atoms with Gasteiger partial charge in [-0.2, -0.15) is 5.10 Å². The minimum absolute atomic E-state index is 0.188. The van der Waals surface area contributed by atoms with Gasteiger partial charge >= 0.3 is 0 Å². The molecule has 1 atom stereocenters. The van der Waals surface area contributed by atoms with Gasteiger partial charge in [-0.1, -0.05) is 5.92 Å². The van der Waals surface area contributed by atoms with Crippen LogP contribution in [0, 0.1) is 17.7 Å². The van der Waals surface area contributed by atoms with Crippen LogP contribution in [-0.4, -0.2) is 49.4 Å². The van der Waals surface area contributed by atoms with Gasteiger partial charge in [-0.3, -0.25) is 5.10 Å². The maximum absolute atomic E-state index is 14.1. The molecule has 8 nitrogen and oxygen atoms in total. The molecule has 1 aromatic carbocycles. The van der Waals surface area contributed by atoms with Crippen LogP contribution in [0.1, 0.15) is 24.1 Å². The number of rotatable bonds is 4. The SMILES string of the molecule is Fc1cc(C#Cc2ccnc(-c3ccnc(NCC4CCCO4)n3)n2)cc2cn[nH]c12. The number of nitrogens with one attached hydrogen (secondary N) is 2. The van der Waals surface area contributed by atoms with Gasteiger partial charge < -0.3 is 10.1 Å². The van der Waals surface area contributed by atoms with Gasteiger partial charge in [-0.05, 0) is 43.0 Å². The standard InChI is InChI=1S/C22H18FN7O/c23-18-11-14(10-15-12-27-30-20(15)18)3-4-16-5-7-24-21(28-16)19-6-8-25-22(29-19)26-13-17-2-1-9-31-17/h5-8,10-12,17H,1-2,9,13H2,(H,27,30)(H,25,26,29). The van der Waals surface area contributed by atoms with E-state index < -0.39 is 5.82 Å². The average molecular weight is 415 g/mol. The summed E-state index contributed by atoms with van der Waals surface area (Å²) in [4.78, 5) is 17.5. The summed E-state index contributed by atoms with van der Waals surface area (Å²) in [5.41, 5.74) is 1.99. The van der Waals surface area contributed by atoms with Crippen LogP contribution in [0.25, 0.3) is 22.4 Å². The van der Waals surface area contributed by atoms with E-state index in [1.807, 2.05) is 0 Å². The van der Waals surface area contributed by atoms with Gasteiger partial charge in [-0.15, -0.1) is 0 Å². The lowest BCUT2D eigenvalue weighted by atomic mass is 10.1. The van der Waals surface area contributed by atoms with Gasteiger partial charge in [-0.25, -0.2) is 24.3 Å². The van der Waals surface area contributed by atoms with E-state index in [2.05, 4.69) is 47.3 Å². The first-order chi connectivity index (χ1) is 15.2. The fourth-order valence-corrected chi connectivity index (χ4v) is 3.35. The second-order valence-electron chi connectivity index (χ2n) is 7.09. The molecule has 4 heterocycles. The first-order valence-corrected chi connectivity index (χ1v) is 9.91. The highest BCUT2D eigenvalue weighted by atomic mass is 19.1. The molecule has 154 valence electrons. The minimum atomic E-state index is -0.397. The van der Waals surface area contributed by atoms with E-state index in [1.54, 1.807) is 36.8 Å². The Morgan fingerprint density at radius 1 is 1.16 bits per heavy atom. The number of nitrogens with zero attached hydrogens (tertiary/aromatic N) is 5. The zero-order chi connectivity index (χ0) is 21.0. The van der Waals surface area contributed by atoms with Gasteiger partial charge in [0.15, 0.2) is 5.82 Å². The Kier molecular flexibility index (Phi) is 5.21. The van der Waals surface area contributed by atoms with E-state index in [0.29, 0.717) is 46.2 Å². The van der Waals surface area contributed by atoms with Crippen molar-refractivity contribution in [2.75, 3.05) is 18.5 Å². The van der Waals surface area contributed by atoms with Crippen molar-refractivity contribution in [3.63, 3.8) is 0 Å². The Hall–Kier alpha value is -3.90. The van der Waals surface area contributed by atoms with Gasteiger partial charge in [0.1, 0.15) is 22.7 Å². The van der Waals surface area contributed by atoms with Crippen LogP contribution in [-0.2, 0) is 4.74 Å². The Morgan fingerprint density at radius 3 is 3.00 bits per heavy atom. The largest absolute Gasteiger partial charge is 0.376 e. The summed E-state index contributed by atoms with van der Waals surface area (Å²) in [7, 11) is 0. The molecule has 0 amide bonds. The van der Waals surface area contributed by atoms with Crippen molar-refractivity contribution < 1.29 is 9.13 Å². The third-order valence-electron chi connectivity index (χ3n) is 4.89. The summed E-state index contributed by atoms with van der Waals surface area (Å²) in [6, 6.07) is 6.58. The summed E-state index contributed by atoms with van der Waals surface area (Å²) >= 11 is 0. The summed E-state index contributed by atoms with van der Waals surface area (Å²) in [6.07, 6.45) is 7.14. The molecule has 1 unspecified atom stereocenters. The van der Waals surface area contributed by atoms with E-state index in [-0.39, 0.29) is 6.10 Å².